The third kappa shape index (κ3) is 2.67. The molecule has 0 spiro atoms. The maximum Gasteiger partial charge on any atom is 0.251 e. The van der Waals surface area contributed by atoms with Crippen LogP contribution in [0.2, 0.25) is 0 Å². The second kappa shape index (κ2) is 5.51. The lowest BCUT2D eigenvalue weighted by molar-refractivity contribution is 0.0963. The van der Waals surface area contributed by atoms with Gasteiger partial charge in [-0.25, -0.2) is 0 Å². The summed E-state index contributed by atoms with van der Waals surface area (Å²) in [5.41, 5.74) is 8.52. The molecule has 0 aliphatic carbocycles. The lowest BCUT2D eigenvalue weighted by Crippen LogP contribution is -2.34. The molecule has 1 aliphatic heterocycles. The standard InChI is InChI=1S/C15H23N3O/c1-10(2)13-5-4-8-18(13)14-9-11(15(19)17-3)6-7-12(14)16/h6-7,9-10,13H,4-5,8,16H2,1-3H3,(H,17,19). The van der Waals surface area contributed by atoms with Crippen LogP contribution in [0.25, 0.3) is 0 Å². The summed E-state index contributed by atoms with van der Waals surface area (Å²) in [6.45, 7) is 5.49. The van der Waals surface area contributed by atoms with Crippen LogP contribution in [0.4, 0.5) is 11.4 Å². The number of nitrogens with two attached hydrogens (primary N) is 1. The predicted molar refractivity (Wildman–Crippen MR) is 79.5 cm³/mol. The Balaban J connectivity index is 2.35. The molecule has 1 fully saturated rings. The number of anilines is 2. The van der Waals surface area contributed by atoms with Crippen molar-refractivity contribution < 1.29 is 4.79 Å². The number of hydrogen-bond acceptors (Lipinski definition) is 3. The molecule has 0 bridgehead atoms. The molecule has 19 heavy (non-hydrogen) atoms. The summed E-state index contributed by atoms with van der Waals surface area (Å²) in [5, 5.41) is 2.65. The Hall–Kier alpha value is -1.71. The van der Waals surface area contributed by atoms with Gasteiger partial charge >= 0.3 is 0 Å². The minimum Gasteiger partial charge on any atom is -0.397 e. The zero-order chi connectivity index (χ0) is 14.0. The number of carbonyl (C=O) groups excluding carboxylic acids is 1. The highest BCUT2D eigenvalue weighted by molar-refractivity contribution is 5.96. The van der Waals surface area contributed by atoms with Crippen LogP contribution in [-0.4, -0.2) is 25.5 Å². The van der Waals surface area contributed by atoms with Crippen molar-refractivity contribution in [3.8, 4) is 0 Å². The zero-order valence-corrected chi connectivity index (χ0v) is 11.9. The average Bonchev–Trinajstić information content (AvgIpc) is 2.87. The predicted octanol–water partition coefficient (Wildman–Crippen LogP) is 2.25. The van der Waals surface area contributed by atoms with E-state index < -0.39 is 0 Å². The Labute approximate surface area is 115 Å². The van der Waals surface area contributed by atoms with Crippen LogP contribution in [0, 0.1) is 5.92 Å². The van der Waals surface area contributed by atoms with Gasteiger partial charge in [-0.2, -0.15) is 0 Å². The number of nitrogen functional groups attached to an aromatic ring is 1. The molecule has 1 atom stereocenters. The van der Waals surface area contributed by atoms with Gasteiger partial charge in [-0.15, -0.1) is 0 Å². The fraction of sp³-hybridized carbons (Fsp3) is 0.533. The SMILES string of the molecule is CNC(=O)c1ccc(N)c(N2CCCC2C(C)C)c1. The van der Waals surface area contributed by atoms with E-state index in [0.29, 0.717) is 17.5 Å². The maximum atomic E-state index is 11.7. The van der Waals surface area contributed by atoms with Crippen LogP contribution in [0.5, 0.6) is 0 Å². The molecule has 2 rings (SSSR count). The monoisotopic (exact) mass is 261 g/mol. The zero-order valence-electron chi connectivity index (χ0n) is 11.9. The molecular weight excluding hydrogens is 238 g/mol. The molecule has 1 aliphatic rings. The molecule has 104 valence electrons. The summed E-state index contributed by atoms with van der Waals surface area (Å²) in [5.74, 6) is 0.520. The van der Waals surface area contributed by atoms with Crippen molar-refractivity contribution in [3.05, 3.63) is 23.8 Å². The summed E-state index contributed by atoms with van der Waals surface area (Å²) in [6, 6.07) is 6.03. The van der Waals surface area contributed by atoms with Gasteiger partial charge in [0.2, 0.25) is 0 Å². The maximum absolute atomic E-state index is 11.7. The number of carbonyl (C=O) groups is 1. The Bertz CT molecular complexity index is 470. The number of nitrogens with one attached hydrogen (secondary N) is 1. The topological polar surface area (TPSA) is 58.4 Å². The third-order valence-electron chi connectivity index (χ3n) is 3.90. The molecule has 1 amide bonds. The van der Waals surface area contributed by atoms with E-state index in [1.165, 1.54) is 12.8 Å². The number of nitrogens with zero attached hydrogens (tertiary/aromatic N) is 1. The first-order chi connectivity index (χ1) is 9.04. The number of hydrogen-bond donors (Lipinski definition) is 2. The summed E-state index contributed by atoms with van der Waals surface area (Å²) < 4.78 is 0. The summed E-state index contributed by atoms with van der Waals surface area (Å²) in [6.07, 6.45) is 2.38. The fourth-order valence-corrected chi connectivity index (χ4v) is 2.86. The molecule has 3 N–H and O–H groups in total. The Morgan fingerprint density at radius 2 is 2.21 bits per heavy atom. The van der Waals surface area contributed by atoms with Crippen molar-refractivity contribution in [2.24, 2.45) is 5.92 Å². The van der Waals surface area contributed by atoms with E-state index in [-0.39, 0.29) is 5.91 Å². The molecule has 1 unspecified atom stereocenters. The van der Waals surface area contributed by atoms with Gasteiger partial charge in [-0.05, 0) is 37.0 Å². The van der Waals surface area contributed by atoms with E-state index in [9.17, 15) is 4.79 Å². The van der Waals surface area contributed by atoms with Crippen molar-refractivity contribution >= 4 is 17.3 Å². The van der Waals surface area contributed by atoms with E-state index in [0.717, 1.165) is 17.9 Å². The second-order valence-corrected chi connectivity index (χ2v) is 5.50. The highest BCUT2D eigenvalue weighted by Gasteiger charge is 2.28. The minimum absolute atomic E-state index is 0.0680. The van der Waals surface area contributed by atoms with Gasteiger partial charge in [0.05, 0.1) is 11.4 Å². The van der Waals surface area contributed by atoms with Crippen LogP contribution in [0.1, 0.15) is 37.0 Å². The van der Waals surface area contributed by atoms with Crippen LogP contribution in [0.15, 0.2) is 18.2 Å². The van der Waals surface area contributed by atoms with Gasteiger partial charge in [0, 0.05) is 25.2 Å². The molecule has 0 saturated carbocycles. The Morgan fingerprint density at radius 3 is 2.84 bits per heavy atom. The minimum atomic E-state index is -0.0680. The van der Waals surface area contributed by atoms with Gasteiger partial charge in [-0.3, -0.25) is 4.79 Å². The first kappa shape index (κ1) is 13.7. The highest BCUT2D eigenvalue weighted by Crippen LogP contribution is 2.34. The average molecular weight is 261 g/mol. The largest absolute Gasteiger partial charge is 0.397 e. The molecule has 1 aromatic rings. The first-order valence-corrected chi connectivity index (χ1v) is 6.93. The summed E-state index contributed by atoms with van der Waals surface area (Å²) in [7, 11) is 1.64. The molecule has 4 nitrogen and oxygen atoms in total. The second-order valence-electron chi connectivity index (χ2n) is 5.50. The fourth-order valence-electron chi connectivity index (χ4n) is 2.86. The molecule has 1 aromatic carbocycles. The van der Waals surface area contributed by atoms with Crippen molar-refractivity contribution in [1.82, 2.24) is 5.32 Å². The van der Waals surface area contributed by atoms with Crippen molar-refractivity contribution in [3.63, 3.8) is 0 Å². The lowest BCUT2D eigenvalue weighted by atomic mass is 10.0. The molecule has 1 saturated heterocycles. The molecule has 0 radical (unpaired) electrons. The Kier molecular flexibility index (Phi) is 3.98. The molecule has 0 aromatic heterocycles. The van der Waals surface area contributed by atoms with Crippen molar-refractivity contribution in [2.45, 2.75) is 32.7 Å². The van der Waals surface area contributed by atoms with E-state index in [4.69, 9.17) is 5.73 Å². The van der Waals surface area contributed by atoms with Crippen LogP contribution in [0.3, 0.4) is 0 Å². The van der Waals surface area contributed by atoms with Gasteiger partial charge in [0.1, 0.15) is 0 Å². The van der Waals surface area contributed by atoms with E-state index in [1.54, 1.807) is 13.1 Å². The normalized spacial score (nSPS) is 18.9. The number of amides is 1. The van der Waals surface area contributed by atoms with Gasteiger partial charge in [-0.1, -0.05) is 13.8 Å². The van der Waals surface area contributed by atoms with Crippen molar-refractivity contribution in [2.75, 3.05) is 24.2 Å². The van der Waals surface area contributed by atoms with Gasteiger partial charge in [0.25, 0.3) is 5.91 Å². The highest BCUT2D eigenvalue weighted by atomic mass is 16.1. The van der Waals surface area contributed by atoms with Crippen molar-refractivity contribution in [1.29, 1.82) is 0 Å². The van der Waals surface area contributed by atoms with E-state index in [2.05, 4.69) is 24.1 Å². The van der Waals surface area contributed by atoms with E-state index in [1.807, 2.05) is 12.1 Å². The Morgan fingerprint density at radius 1 is 1.47 bits per heavy atom. The quantitative estimate of drug-likeness (QED) is 0.820. The molecule has 4 heteroatoms. The van der Waals surface area contributed by atoms with Crippen LogP contribution < -0.4 is 16.0 Å². The number of benzene rings is 1. The third-order valence-corrected chi connectivity index (χ3v) is 3.90. The summed E-state index contributed by atoms with van der Waals surface area (Å²) >= 11 is 0. The summed E-state index contributed by atoms with van der Waals surface area (Å²) in [4.78, 5) is 14.1. The van der Waals surface area contributed by atoms with Gasteiger partial charge < -0.3 is 16.0 Å². The van der Waals surface area contributed by atoms with E-state index >= 15 is 0 Å². The first-order valence-electron chi connectivity index (χ1n) is 6.93. The molecular formula is C15H23N3O. The van der Waals surface area contributed by atoms with Gasteiger partial charge in [0.15, 0.2) is 0 Å². The smallest absolute Gasteiger partial charge is 0.251 e. The van der Waals surface area contributed by atoms with Crippen LogP contribution >= 0.6 is 0 Å². The molecule has 1 heterocycles. The lowest BCUT2D eigenvalue weighted by Gasteiger charge is -2.31. The van der Waals surface area contributed by atoms with Crippen LogP contribution in [-0.2, 0) is 0 Å². The number of rotatable bonds is 3.